The number of halogens is 3. The van der Waals surface area contributed by atoms with Crippen LogP contribution in [0, 0.1) is 0 Å². The van der Waals surface area contributed by atoms with Crippen LogP contribution >= 0.6 is 0 Å². The van der Waals surface area contributed by atoms with E-state index in [1.165, 1.54) is 25.3 Å². The summed E-state index contributed by atoms with van der Waals surface area (Å²) >= 11 is 0. The summed E-state index contributed by atoms with van der Waals surface area (Å²) in [7, 11) is 1.38. The monoisotopic (exact) mass is 572 g/mol. The van der Waals surface area contributed by atoms with E-state index in [2.05, 4.69) is 0 Å². The first kappa shape index (κ1) is 30.9. The highest BCUT2D eigenvalue weighted by atomic mass is 19.4. The Labute approximate surface area is 235 Å². The minimum absolute atomic E-state index is 0.0511. The van der Waals surface area contributed by atoms with Gasteiger partial charge in [-0.25, -0.2) is 9.59 Å². The van der Waals surface area contributed by atoms with Crippen molar-refractivity contribution in [2.24, 2.45) is 0 Å². The number of carbonyl (C=O) groups excluding carboxylic acids is 2. The van der Waals surface area contributed by atoms with Crippen molar-refractivity contribution in [2.75, 3.05) is 31.8 Å². The molecular formula is C30H31F3N2O6. The highest BCUT2D eigenvalue weighted by molar-refractivity contribution is 6.22. The second kappa shape index (κ2) is 14.1. The van der Waals surface area contributed by atoms with Gasteiger partial charge in [0.05, 0.1) is 31.5 Å². The fourth-order valence-electron chi connectivity index (χ4n) is 3.79. The predicted octanol–water partition coefficient (Wildman–Crippen LogP) is 6.29. The molecule has 0 unspecified atom stereocenters. The number of hydrogen-bond donors (Lipinski definition) is 2. The van der Waals surface area contributed by atoms with Crippen LogP contribution in [0.2, 0.25) is 0 Å². The average Bonchev–Trinajstić information content (AvgIpc) is 2.91. The van der Waals surface area contributed by atoms with Crippen molar-refractivity contribution >= 4 is 35.0 Å². The van der Waals surface area contributed by atoms with Crippen LogP contribution < -0.4 is 25.7 Å². The van der Waals surface area contributed by atoms with Crippen molar-refractivity contribution < 1.29 is 41.7 Å². The lowest BCUT2D eigenvalue weighted by Crippen LogP contribution is -2.10. The molecule has 3 aromatic rings. The minimum Gasteiger partial charge on any atom is -0.493 e. The summed E-state index contributed by atoms with van der Waals surface area (Å²) in [5.74, 6) is -0.417. The van der Waals surface area contributed by atoms with E-state index in [0.29, 0.717) is 28.3 Å². The third-order valence-corrected chi connectivity index (χ3v) is 5.70. The molecule has 0 aliphatic carbocycles. The molecule has 0 fully saturated rings. The molecule has 4 N–H and O–H groups in total. The van der Waals surface area contributed by atoms with Crippen LogP contribution in [-0.2, 0) is 9.53 Å². The van der Waals surface area contributed by atoms with Crippen LogP contribution in [0.3, 0.4) is 0 Å². The molecule has 0 spiro atoms. The summed E-state index contributed by atoms with van der Waals surface area (Å²) in [4.78, 5) is 25.4. The molecule has 0 aliphatic heterocycles. The van der Waals surface area contributed by atoms with Crippen LogP contribution in [0.4, 0.5) is 24.5 Å². The van der Waals surface area contributed by atoms with Gasteiger partial charge >= 0.3 is 18.1 Å². The van der Waals surface area contributed by atoms with Crippen molar-refractivity contribution in [1.29, 1.82) is 0 Å². The Morgan fingerprint density at radius 3 is 2.17 bits per heavy atom. The molecule has 0 saturated carbocycles. The lowest BCUT2D eigenvalue weighted by Gasteiger charge is -2.12. The fourth-order valence-corrected chi connectivity index (χ4v) is 3.79. The topological polar surface area (TPSA) is 123 Å². The molecule has 41 heavy (non-hydrogen) atoms. The van der Waals surface area contributed by atoms with Crippen molar-refractivity contribution in [3.05, 3.63) is 77.4 Å². The van der Waals surface area contributed by atoms with Crippen molar-refractivity contribution in [1.82, 2.24) is 0 Å². The van der Waals surface area contributed by atoms with E-state index < -0.39 is 24.5 Å². The molecule has 0 amide bonds. The van der Waals surface area contributed by atoms with Gasteiger partial charge in [-0.2, -0.15) is 13.2 Å². The molecule has 0 heterocycles. The zero-order valence-electron chi connectivity index (χ0n) is 22.6. The van der Waals surface area contributed by atoms with Crippen LogP contribution in [-0.4, -0.2) is 38.4 Å². The maximum absolute atomic E-state index is 12.7. The third-order valence-electron chi connectivity index (χ3n) is 5.70. The second-order valence-electron chi connectivity index (χ2n) is 8.91. The molecule has 11 heteroatoms. The molecule has 0 atom stereocenters. The number of rotatable bonds is 12. The zero-order chi connectivity index (χ0) is 30.0. The van der Waals surface area contributed by atoms with Gasteiger partial charge in [-0.3, -0.25) is 0 Å². The Morgan fingerprint density at radius 2 is 1.56 bits per heavy atom. The largest absolute Gasteiger partial charge is 0.493 e. The van der Waals surface area contributed by atoms with Gasteiger partial charge in [0.1, 0.15) is 5.75 Å². The Hall–Kier alpha value is -4.67. The van der Waals surface area contributed by atoms with Gasteiger partial charge in [0.2, 0.25) is 0 Å². The van der Waals surface area contributed by atoms with Crippen molar-refractivity contribution in [3.63, 3.8) is 0 Å². The van der Waals surface area contributed by atoms with Crippen molar-refractivity contribution in [3.8, 4) is 17.2 Å². The maximum atomic E-state index is 12.7. The summed E-state index contributed by atoms with van der Waals surface area (Å²) < 4.78 is 58.3. The number of benzene rings is 3. The number of methoxy groups -OCH3 is 1. The zero-order valence-corrected chi connectivity index (χ0v) is 22.6. The minimum atomic E-state index is -4.20. The Kier molecular flexibility index (Phi) is 10.6. The lowest BCUT2D eigenvalue weighted by atomic mass is 10.0. The van der Waals surface area contributed by atoms with Crippen LogP contribution in [0.1, 0.15) is 47.7 Å². The van der Waals surface area contributed by atoms with Gasteiger partial charge < -0.3 is 30.4 Å². The maximum Gasteiger partial charge on any atom is 0.389 e. The predicted molar refractivity (Wildman–Crippen MR) is 150 cm³/mol. The number of esters is 2. The molecule has 3 rings (SSSR count). The van der Waals surface area contributed by atoms with Gasteiger partial charge in [-0.05, 0) is 85.5 Å². The Balaban J connectivity index is 1.69. The Bertz CT molecular complexity index is 1370. The highest BCUT2D eigenvalue weighted by Crippen LogP contribution is 2.30. The number of carbonyl (C=O) groups is 2. The second-order valence-corrected chi connectivity index (χ2v) is 8.91. The molecule has 3 aromatic carbocycles. The van der Waals surface area contributed by atoms with Crippen LogP contribution in [0.15, 0.2) is 60.7 Å². The van der Waals surface area contributed by atoms with E-state index >= 15 is 0 Å². The number of anilines is 2. The number of nitrogen functional groups attached to an aromatic ring is 2. The first-order chi connectivity index (χ1) is 19.5. The average molecular weight is 573 g/mol. The van der Waals surface area contributed by atoms with Gasteiger partial charge in [-0.15, -0.1) is 0 Å². The van der Waals surface area contributed by atoms with Gasteiger partial charge in [0.15, 0.2) is 11.5 Å². The van der Waals surface area contributed by atoms with Gasteiger partial charge in [-0.1, -0.05) is 12.1 Å². The quantitative estimate of drug-likeness (QED) is 0.0648. The summed E-state index contributed by atoms with van der Waals surface area (Å²) in [6, 6.07) is 15.7. The number of nitrogens with two attached hydrogens (primary N) is 2. The van der Waals surface area contributed by atoms with Gasteiger partial charge in [0, 0.05) is 17.8 Å². The molecule has 0 radical (unpaired) electrons. The van der Waals surface area contributed by atoms with Crippen molar-refractivity contribution in [2.45, 2.75) is 32.4 Å². The molecule has 218 valence electrons. The lowest BCUT2D eigenvalue weighted by molar-refractivity contribution is -0.136. The Morgan fingerprint density at radius 1 is 0.878 bits per heavy atom. The van der Waals surface area contributed by atoms with E-state index in [4.69, 9.17) is 30.4 Å². The number of ether oxygens (including phenoxy) is 4. The number of hydrogen-bond acceptors (Lipinski definition) is 8. The number of unbranched alkanes of at least 4 members (excludes halogenated alkanes) is 1. The molecule has 0 aromatic heterocycles. The van der Waals surface area contributed by atoms with Crippen LogP contribution in [0.5, 0.6) is 17.2 Å². The van der Waals surface area contributed by atoms with E-state index in [1.807, 2.05) is 0 Å². The summed E-state index contributed by atoms with van der Waals surface area (Å²) in [6.45, 7) is 1.95. The third kappa shape index (κ3) is 9.48. The fraction of sp³-hybridized carbons (Fsp3) is 0.267. The summed E-state index contributed by atoms with van der Waals surface area (Å²) in [5, 5.41) is 0. The first-order valence-electron chi connectivity index (χ1n) is 12.7. The molecule has 0 saturated heterocycles. The molecular weight excluding hydrogens is 541 g/mol. The molecule has 0 aliphatic rings. The van der Waals surface area contributed by atoms with Gasteiger partial charge in [0.25, 0.3) is 0 Å². The smallest absolute Gasteiger partial charge is 0.389 e. The normalized spacial score (nSPS) is 11.6. The highest BCUT2D eigenvalue weighted by Gasteiger charge is 2.26. The number of alkyl halides is 3. The first-order valence-corrected chi connectivity index (χ1v) is 12.7. The van der Waals surface area contributed by atoms with E-state index in [-0.39, 0.29) is 48.7 Å². The standard InChI is InChI=1S/C30H31F3N2O6/c1-3-39-29(37)25(21-15-22(34)18-23(35)16-21)14-19-6-9-24(10-7-19)41-28(36)20-8-11-26(27(17-20)38-2)40-13-5-4-12-30(31,32)33/h6-11,14-18H,3-5,12-13,34-35H2,1-2H3. The van der Waals surface area contributed by atoms with E-state index in [1.54, 1.807) is 55.5 Å². The SMILES string of the molecule is CCOC(=O)C(=Cc1ccc(OC(=O)c2ccc(OCCCCC(F)(F)F)c(OC)c2)cc1)c1cc(N)cc(N)c1. The van der Waals surface area contributed by atoms with E-state index in [9.17, 15) is 22.8 Å². The summed E-state index contributed by atoms with van der Waals surface area (Å²) in [5.41, 5.74) is 14.1. The summed E-state index contributed by atoms with van der Waals surface area (Å²) in [6.07, 6.45) is -3.30. The van der Waals surface area contributed by atoms with E-state index in [0.717, 1.165) is 0 Å². The molecule has 0 bridgehead atoms. The molecule has 8 nitrogen and oxygen atoms in total. The van der Waals surface area contributed by atoms with Crippen LogP contribution in [0.25, 0.3) is 11.6 Å².